The van der Waals surface area contributed by atoms with Gasteiger partial charge in [0, 0.05) is 30.6 Å². The third kappa shape index (κ3) is 3.73. The van der Waals surface area contributed by atoms with E-state index in [1.165, 1.54) is 12.0 Å². The molecule has 3 heterocycles. The van der Waals surface area contributed by atoms with Gasteiger partial charge in [0.2, 0.25) is 0 Å². The van der Waals surface area contributed by atoms with E-state index in [-0.39, 0.29) is 11.6 Å². The predicted molar refractivity (Wildman–Crippen MR) is 102 cm³/mol. The third-order valence-corrected chi connectivity index (χ3v) is 4.90. The molecule has 0 radical (unpaired) electrons. The zero-order chi connectivity index (χ0) is 17.8. The fourth-order valence-corrected chi connectivity index (χ4v) is 3.63. The maximum atomic E-state index is 12.3. The SMILES string of the molecule is O=c1cc([C@@H]2CCCCN2Cc2ccccc2)nc(-c2ccncc2)[nH]1. The molecule has 0 unspecified atom stereocenters. The van der Waals surface area contributed by atoms with Gasteiger partial charge in [-0.15, -0.1) is 0 Å². The topological polar surface area (TPSA) is 61.9 Å². The molecule has 1 N–H and O–H groups in total. The molecule has 0 bridgehead atoms. The number of hydrogen-bond acceptors (Lipinski definition) is 4. The van der Waals surface area contributed by atoms with Gasteiger partial charge in [-0.3, -0.25) is 14.7 Å². The lowest BCUT2D eigenvalue weighted by molar-refractivity contribution is 0.137. The molecule has 1 aromatic carbocycles. The second kappa shape index (κ2) is 7.62. The number of pyridine rings is 1. The minimum atomic E-state index is -0.105. The number of aromatic amines is 1. The van der Waals surface area contributed by atoms with Crippen LogP contribution in [-0.4, -0.2) is 26.4 Å². The molecular formula is C21H22N4O. The number of likely N-dealkylation sites (tertiary alicyclic amines) is 1. The van der Waals surface area contributed by atoms with Crippen molar-refractivity contribution in [2.75, 3.05) is 6.54 Å². The van der Waals surface area contributed by atoms with Crippen LogP contribution in [0.25, 0.3) is 11.4 Å². The summed E-state index contributed by atoms with van der Waals surface area (Å²) in [5.74, 6) is 0.611. The molecular weight excluding hydrogens is 324 g/mol. The minimum absolute atomic E-state index is 0.105. The van der Waals surface area contributed by atoms with Gasteiger partial charge in [0.15, 0.2) is 0 Å². The highest BCUT2D eigenvalue weighted by molar-refractivity contribution is 5.53. The van der Waals surface area contributed by atoms with Gasteiger partial charge >= 0.3 is 0 Å². The molecule has 1 atom stereocenters. The maximum absolute atomic E-state index is 12.3. The lowest BCUT2D eigenvalue weighted by Crippen LogP contribution is -2.34. The van der Waals surface area contributed by atoms with Crippen molar-refractivity contribution in [2.45, 2.75) is 31.8 Å². The Morgan fingerprint density at radius 2 is 1.88 bits per heavy atom. The standard InChI is InChI=1S/C21H22N4O/c26-20-14-18(23-21(24-20)17-9-11-22-12-10-17)19-8-4-5-13-25(19)15-16-6-2-1-3-7-16/h1-3,6-7,9-12,14,19H,4-5,8,13,15H2,(H,23,24,26)/t19-/m0/s1. The van der Waals surface area contributed by atoms with Crippen LogP contribution in [0.15, 0.2) is 65.7 Å². The molecule has 1 aliphatic rings. The summed E-state index contributed by atoms with van der Waals surface area (Å²) in [4.78, 5) is 26.4. The average molecular weight is 346 g/mol. The first kappa shape index (κ1) is 16.7. The number of hydrogen-bond donors (Lipinski definition) is 1. The van der Waals surface area contributed by atoms with Gasteiger partial charge in [-0.2, -0.15) is 0 Å². The van der Waals surface area contributed by atoms with E-state index in [0.29, 0.717) is 5.82 Å². The molecule has 3 aromatic rings. The molecule has 0 saturated carbocycles. The Kier molecular flexibility index (Phi) is 4.88. The summed E-state index contributed by atoms with van der Waals surface area (Å²) < 4.78 is 0. The molecule has 4 rings (SSSR count). The van der Waals surface area contributed by atoms with Crippen LogP contribution in [0.4, 0.5) is 0 Å². The summed E-state index contributed by atoms with van der Waals surface area (Å²) in [6.45, 7) is 1.91. The number of nitrogens with one attached hydrogen (secondary N) is 1. The van der Waals surface area contributed by atoms with E-state index in [2.05, 4.69) is 39.1 Å². The fourth-order valence-electron chi connectivity index (χ4n) is 3.63. The van der Waals surface area contributed by atoms with E-state index < -0.39 is 0 Å². The Morgan fingerprint density at radius 1 is 1.08 bits per heavy atom. The van der Waals surface area contributed by atoms with E-state index in [1.807, 2.05) is 18.2 Å². The average Bonchev–Trinajstić information content (AvgIpc) is 2.69. The fraction of sp³-hybridized carbons (Fsp3) is 0.286. The summed E-state index contributed by atoms with van der Waals surface area (Å²) in [5, 5.41) is 0. The molecule has 5 nitrogen and oxygen atoms in total. The van der Waals surface area contributed by atoms with Crippen LogP contribution in [0.3, 0.4) is 0 Å². The van der Waals surface area contributed by atoms with Crippen LogP contribution in [0, 0.1) is 0 Å². The van der Waals surface area contributed by atoms with Crippen molar-refractivity contribution < 1.29 is 0 Å². The maximum Gasteiger partial charge on any atom is 0.251 e. The second-order valence-electron chi connectivity index (χ2n) is 6.72. The van der Waals surface area contributed by atoms with Crippen LogP contribution < -0.4 is 5.56 Å². The molecule has 5 heteroatoms. The number of rotatable bonds is 4. The van der Waals surface area contributed by atoms with E-state index in [0.717, 1.165) is 37.2 Å². The summed E-state index contributed by atoms with van der Waals surface area (Å²) in [6, 6.07) is 16.0. The molecule has 0 aliphatic carbocycles. The Hall–Kier alpha value is -2.79. The molecule has 1 saturated heterocycles. The van der Waals surface area contributed by atoms with Crippen molar-refractivity contribution >= 4 is 0 Å². The van der Waals surface area contributed by atoms with Crippen molar-refractivity contribution in [3.8, 4) is 11.4 Å². The highest BCUT2D eigenvalue weighted by Crippen LogP contribution is 2.31. The zero-order valence-electron chi connectivity index (χ0n) is 14.6. The first-order valence-electron chi connectivity index (χ1n) is 9.09. The Balaban J connectivity index is 1.66. The molecule has 0 amide bonds. The van der Waals surface area contributed by atoms with Gasteiger partial charge < -0.3 is 4.98 Å². The minimum Gasteiger partial charge on any atom is -0.307 e. The smallest absolute Gasteiger partial charge is 0.251 e. The van der Waals surface area contributed by atoms with Crippen molar-refractivity contribution in [3.05, 3.63) is 82.5 Å². The lowest BCUT2D eigenvalue weighted by atomic mass is 9.98. The van der Waals surface area contributed by atoms with Gasteiger partial charge in [0.25, 0.3) is 5.56 Å². The molecule has 26 heavy (non-hydrogen) atoms. The Morgan fingerprint density at radius 3 is 2.69 bits per heavy atom. The molecule has 132 valence electrons. The quantitative estimate of drug-likeness (QED) is 0.785. The monoisotopic (exact) mass is 346 g/mol. The van der Waals surface area contributed by atoms with Crippen LogP contribution in [0.2, 0.25) is 0 Å². The van der Waals surface area contributed by atoms with E-state index >= 15 is 0 Å². The third-order valence-electron chi connectivity index (χ3n) is 4.90. The van der Waals surface area contributed by atoms with Crippen LogP contribution in [0.5, 0.6) is 0 Å². The largest absolute Gasteiger partial charge is 0.307 e. The number of benzene rings is 1. The van der Waals surface area contributed by atoms with Crippen molar-refractivity contribution in [1.82, 2.24) is 19.9 Å². The predicted octanol–water partition coefficient (Wildman–Crippen LogP) is 3.56. The van der Waals surface area contributed by atoms with E-state index in [4.69, 9.17) is 4.98 Å². The van der Waals surface area contributed by atoms with Crippen LogP contribution in [0.1, 0.15) is 36.6 Å². The first-order chi connectivity index (χ1) is 12.8. The van der Waals surface area contributed by atoms with Gasteiger partial charge in [-0.1, -0.05) is 36.8 Å². The van der Waals surface area contributed by atoms with E-state index in [9.17, 15) is 4.79 Å². The number of aromatic nitrogens is 3. The molecule has 1 aliphatic heterocycles. The summed E-state index contributed by atoms with van der Waals surface area (Å²) in [5.41, 5.74) is 2.92. The molecule has 1 fully saturated rings. The highest BCUT2D eigenvalue weighted by Gasteiger charge is 2.26. The Bertz CT molecular complexity index is 908. The summed E-state index contributed by atoms with van der Waals surface area (Å²) >= 11 is 0. The van der Waals surface area contributed by atoms with Crippen molar-refractivity contribution in [3.63, 3.8) is 0 Å². The summed E-state index contributed by atoms with van der Waals surface area (Å²) in [6.07, 6.45) is 6.80. The normalized spacial score (nSPS) is 17.9. The summed E-state index contributed by atoms with van der Waals surface area (Å²) in [7, 11) is 0. The van der Waals surface area contributed by atoms with Crippen LogP contribution in [-0.2, 0) is 6.54 Å². The number of H-pyrrole nitrogens is 1. The van der Waals surface area contributed by atoms with Gasteiger partial charge in [0.1, 0.15) is 5.82 Å². The van der Waals surface area contributed by atoms with Gasteiger partial charge in [-0.25, -0.2) is 4.98 Å². The molecule has 2 aromatic heterocycles. The lowest BCUT2D eigenvalue weighted by Gasteiger charge is -2.35. The molecule has 0 spiro atoms. The Labute approximate surface area is 152 Å². The second-order valence-corrected chi connectivity index (χ2v) is 6.72. The van der Waals surface area contributed by atoms with Gasteiger partial charge in [-0.05, 0) is 37.1 Å². The number of piperidine rings is 1. The van der Waals surface area contributed by atoms with E-state index in [1.54, 1.807) is 18.5 Å². The number of nitrogens with zero attached hydrogens (tertiary/aromatic N) is 3. The first-order valence-corrected chi connectivity index (χ1v) is 9.09. The van der Waals surface area contributed by atoms with Crippen LogP contribution >= 0.6 is 0 Å². The van der Waals surface area contributed by atoms with Crippen molar-refractivity contribution in [2.24, 2.45) is 0 Å². The highest BCUT2D eigenvalue weighted by atomic mass is 16.1. The van der Waals surface area contributed by atoms with Crippen molar-refractivity contribution in [1.29, 1.82) is 0 Å². The zero-order valence-corrected chi connectivity index (χ0v) is 14.6. The van der Waals surface area contributed by atoms with Gasteiger partial charge in [0.05, 0.1) is 11.7 Å².